The molecule has 0 atom stereocenters. The lowest BCUT2D eigenvalue weighted by atomic mass is 10.3. The molecule has 4 heteroatoms. The van der Waals surface area contributed by atoms with E-state index >= 15 is 0 Å². The van der Waals surface area contributed by atoms with Crippen LogP contribution in [0.1, 0.15) is 0 Å². The molecule has 116 valence electrons. The van der Waals surface area contributed by atoms with Gasteiger partial charge in [0.05, 0.1) is 0 Å². The summed E-state index contributed by atoms with van der Waals surface area (Å²) in [7, 11) is 0. The minimum atomic E-state index is 0. The molecule has 0 heterocycles. The van der Waals surface area contributed by atoms with E-state index in [-0.39, 0.29) is 27.9 Å². The molecule has 0 saturated carbocycles. The van der Waals surface area contributed by atoms with Crippen LogP contribution in [0.5, 0.6) is 17.2 Å². The van der Waals surface area contributed by atoms with Crippen LogP contribution in [0.25, 0.3) is 0 Å². The van der Waals surface area contributed by atoms with E-state index in [1.54, 1.807) is 0 Å². The summed E-state index contributed by atoms with van der Waals surface area (Å²) in [6.45, 7) is 0. The highest BCUT2D eigenvalue weighted by molar-refractivity contribution is 5.42. The van der Waals surface area contributed by atoms with Crippen molar-refractivity contribution in [3.63, 3.8) is 0 Å². The minimum absolute atomic E-state index is 0. The predicted octanol–water partition coefficient (Wildman–Crippen LogP) is 0.783. The van der Waals surface area contributed by atoms with Crippen molar-refractivity contribution in [3.8, 4) is 17.2 Å². The molecule has 0 aromatic heterocycles. The highest BCUT2D eigenvalue weighted by Crippen LogP contribution is 2.38. The number of hydrogen-bond donors (Lipinski definition) is 0. The zero-order valence-corrected chi connectivity index (χ0v) is 13.5. The summed E-state index contributed by atoms with van der Waals surface area (Å²) in [5.41, 5.74) is 0. The largest absolute Gasteiger partial charge is 1.00 e. The van der Waals surface area contributed by atoms with E-state index in [9.17, 15) is 0 Å². The number of para-hydroxylation sites is 3. The molecule has 0 bridgehead atoms. The normalized spacial score (nSPS) is 8.73. The Kier molecular flexibility index (Phi) is 8.79. The van der Waals surface area contributed by atoms with Gasteiger partial charge < -0.3 is 32.3 Å². The van der Waals surface area contributed by atoms with Crippen LogP contribution in [0.3, 0.4) is 0 Å². The lowest BCUT2D eigenvalue weighted by Crippen LogP contribution is -3.00. The molecule has 0 aliphatic heterocycles. The third-order valence-corrected chi connectivity index (χ3v) is 2.94. The van der Waals surface area contributed by atoms with Gasteiger partial charge in [0.2, 0.25) is 0 Å². The Balaban J connectivity index is 0.00000147. The van der Waals surface area contributed by atoms with E-state index < -0.39 is 0 Å². The topological polar surface area (TPSA) is 65.7 Å². The molecular weight excluding hydrogens is 344 g/mol. The summed E-state index contributed by atoms with van der Waals surface area (Å²) in [6, 6.07) is 30.9. The van der Waals surface area contributed by atoms with E-state index in [4.69, 9.17) is 0 Å². The van der Waals surface area contributed by atoms with Gasteiger partial charge in [0, 0.05) is 36.4 Å². The zero-order chi connectivity index (χ0) is 12.9. The standard InChI is InChI=1S/C18H15O.BrH.2H2O/c1-4-10-16(11-5-1)19(17-12-6-2-7-13-17)18-14-8-3-9-15-18;;;/h1-15H;1H;2*1H2/q+1;;;/p-1. The van der Waals surface area contributed by atoms with Crippen LogP contribution in [0.15, 0.2) is 91.0 Å². The fourth-order valence-electron chi connectivity index (χ4n) is 2.08. The van der Waals surface area contributed by atoms with Crippen molar-refractivity contribution in [2.24, 2.45) is 0 Å². The first-order chi connectivity index (χ1) is 9.45. The summed E-state index contributed by atoms with van der Waals surface area (Å²) >= 11 is 0. The Bertz CT molecular complexity index is 536. The van der Waals surface area contributed by atoms with E-state index in [1.165, 1.54) is 0 Å². The first-order valence-corrected chi connectivity index (χ1v) is 6.34. The van der Waals surface area contributed by atoms with Crippen LogP contribution in [-0.4, -0.2) is 11.0 Å². The molecule has 0 spiro atoms. The second kappa shape index (κ2) is 9.73. The van der Waals surface area contributed by atoms with Crippen LogP contribution in [0.4, 0.5) is 0 Å². The van der Waals surface area contributed by atoms with Gasteiger partial charge in [0.1, 0.15) is 0 Å². The molecule has 0 saturated heterocycles. The fourth-order valence-corrected chi connectivity index (χ4v) is 2.08. The van der Waals surface area contributed by atoms with Crippen LogP contribution < -0.4 is 21.3 Å². The number of hydrogen-bond acceptors (Lipinski definition) is 0. The molecule has 3 nitrogen and oxygen atoms in total. The fraction of sp³-hybridized carbons (Fsp3) is 0. The average molecular weight is 363 g/mol. The summed E-state index contributed by atoms with van der Waals surface area (Å²) in [6.07, 6.45) is 0. The van der Waals surface area contributed by atoms with E-state index in [0.717, 1.165) is 17.2 Å². The summed E-state index contributed by atoms with van der Waals surface area (Å²) in [5.74, 6) is 3.25. The third kappa shape index (κ3) is 4.43. The molecule has 0 unspecified atom stereocenters. The van der Waals surface area contributed by atoms with Crippen LogP contribution in [0, 0.1) is 0 Å². The van der Waals surface area contributed by atoms with Crippen LogP contribution in [-0.2, 0) is 0 Å². The van der Waals surface area contributed by atoms with Gasteiger partial charge in [-0.25, -0.2) is 0 Å². The van der Waals surface area contributed by atoms with Gasteiger partial charge in [-0.1, -0.05) is 54.6 Å². The molecule has 0 aliphatic carbocycles. The van der Waals surface area contributed by atoms with Gasteiger partial charge in [0.25, 0.3) is 17.2 Å². The van der Waals surface area contributed by atoms with Crippen molar-refractivity contribution in [1.29, 1.82) is 0 Å². The van der Waals surface area contributed by atoms with Crippen molar-refractivity contribution in [2.75, 3.05) is 0 Å². The lowest BCUT2D eigenvalue weighted by Gasteiger charge is -2.21. The smallest absolute Gasteiger partial charge is 0.267 e. The summed E-state index contributed by atoms with van der Waals surface area (Å²) in [4.78, 5) is 0. The number of benzene rings is 3. The van der Waals surface area contributed by atoms with E-state index in [2.05, 4.69) is 40.8 Å². The zero-order valence-electron chi connectivity index (χ0n) is 11.9. The molecule has 4 N–H and O–H groups in total. The van der Waals surface area contributed by atoms with Gasteiger partial charge in [-0.3, -0.25) is 0 Å². The quantitative estimate of drug-likeness (QED) is 0.618. The van der Waals surface area contributed by atoms with Crippen LogP contribution in [0.2, 0.25) is 0 Å². The molecule has 0 radical (unpaired) electrons. The summed E-state index contributed by atoms with van der Waals surface area (Å²) < 4.78 is 3.22. The highest BCUT2D eigenvalue weighted by atomic mass is 79.9. The van der Waals surface area contributed by atoms with Crippen molar-refractivity contribution >= 4 is 0 Å². The van der Waals surface area contributed by atoms with Gasteiger partial charge in [-0.15, -0.1) is 0 Å². The highest BCUT2D eigenvalue weighted by Gasteiger charge is 2.18. The minimum Gasteiger partial charge on any atom is -1.00 e. The van der Waals surface area contributed by atoms with Crippen molar-refractivity contribution < 1.29 is 32.3 Å². The predicted molar refractivity (Wildman–Crippen MR) is 86.1 cm³/mol. The second-order valence-corrected chi connectivity index (χ2v) is 4.25. The monoisotopic (exact) mass is 362 g/mol. The van der Waals surface area contributed by atoms with Crippen LogP contribution >= 0.6 is 0 Å². The third-order valence-electron chi connectivity index (χ3n) is 2.94. The lowest BCUT2D eigenvalue weighted by molar-refractivity contribution is -0.00000672. The Labute approximate surface area is 140 Å². The van der Waals surface area contributed by atoms with Gasteiger partial charge >= 0.3 is 0 Å². The number of rotatable bonds is 3. The molecular formula is C18H19BrO3. The average Bonchev–Trinajstić information content (AvgIpc) is 2.51. The Hall–Kier alpha value is -2.14. The maximum atomic E-state index is 3.22. The van der Waals surface area contributed by atoms with Crippen molar-refractivity contribution in [1.82, 2.24) is 0 Å². The molecule has 3 rings (SSSR count). The molecule has 0 amide bonds. The molecule has 3 aromatic rings. The Morgan fingerprint density at radius 2 is 0.636 bits per heavy atom. The van der Waals surface area contributed by atoms with E-state index in [0.29, 0.717) is 0 Å². The number of halogens is 1. The summed E-state index contributed by atoms with van der Waals surface area (Å²) in [5, 5.41) is 0. The molecule has 0 fully saturated rings. The van der Waals surface area contributed by atoms with E-state index in [1.807, 2.05) is 54.6 Å². The Morgan fingerprint density at radius 1 is 0.409 bits per heavy atom. The first-order valence-electron chi connectivity index (χ1n) is 6.34. The SMILES string of the molecule is O.O.[Br-].c1ccc([O+](c2ccccc2)c2ccccc2)cc1. The Morgan fingerprint density at radius 3 is 0.864 bits per heavy atom. The molecule has 22 heavy (non-hydrogen) atoms. The van der Waals surface area contributed by atoms with Crippen molar-refractivity contribution in [3.05, 3.63) is 91.0 Å². The first kappa shape index (κ1) is 19.9. The van der Waals surface area contributed by atoms with Gasteiger partial charge in [-0.2, -0.15) is 0 Å². The van der Waals surface area contributed by atoms with Gasteiger partial charge in [-0.05, 0) is 0 Å². The maximum absolute atomic E-state index is 3.22. The second-order valence-electron chi connectivity index (χ2n) is 4.25. The maximum Gasteiger partial charge on any atom is 0.267 e. The van der Waals surface area contributed by atoms with Crippen molar-refractivity contribution in [2.45, 2.75) is 0 Å². The molecule has 0 aliphatic rings. The van der Waals surface area contributed by atoms with Gasteiger partial charge in [0.15, 0.2) is 0 Å². The molecule has 3 aromatic carbocycles.